The Balaban J connectivity index is 2.31. The van der Waals surface area contributed by atoms with E-state index in [1.54, 1.807) is 7.11 Å². The molecule has 2 aromatic carbocycles. The predicted octanol–water partition coefficient (Wildman–Crippen LogP) is 4.58. The van der Waals surface area contributed by atoms with Gasteiger partial charge in [-0.25, -0.2) is 4.98 Å². The Morgan fingerprint density at radius 1 is 1.24 bits per heavy atom. The van der Waals surface area contributed by atoms with Crippen LogP contribution in [0.25, 0.3) is 16.7 Å². The molecule has 3 nitrogen and oxygen atoms in total. The summed E-state index contributed by atoms with van der Waals surface area (Å²) in [5.41, 5.74) is 2.94. The highest BCUT2D eigenvalue weighted by atomic mass is 79.9. The van der Waals surface area contributed by atoms with E-state index in [2.05, 4.69) is 32.6 Å². The Morgan fingerprint density at radius 2 is 2.05 bits per heavy atom. The first-order valence-corrected chi connectivity index (χ1v) is 7.93. The zero-order chi connectivity index (χ0) is 14.8. The zero-order valence-electron chi connectivity index (χ0n) is 11.5. The number of halogens is 2. The molecule has 0 fully saturated rings. The molecule has 0 bridgehead atoms. The molecule has 1 heterocycles. The fourth-order valence-electron chi connectivity index (χ4n) is 2.44. The quantitative estimate of drug-likeness (QED) is 0.633. The van der Waals surface area contributed by atoms with Crippen LogP contribution in [0.4, 0.5) is 0 Å². The molecule has 1 aromatic heterocycles. The summed E-state index contributed by atoms with van der Waals surface area (Å²) in [4.78, 5) is 4.72. The number of para-hydroxylation sites is 1. The van der Waals surface area contributed by atoms with E-state index in [1.165, 1.54) is 0 Å². The molecule has 0 N–H and O–H groups in total. The number of ether oxygens (including phenoxy) is 1. The lowest BCUT2D eigenvalue weighted by Gasteiger charge is -2.09. The van der Waals surface area contributed by atoms with Crippen molar-refractivity contribution < 1.29 is 4.74 Å². The van der Waals surface area contributed by atoms with E-state index in [9.17, 15) is 0 Å². The minimum Gasteiger partial charge on any atom is -0.494 e. The van der Waals surface area contributed by atoms with E-state index in [-0.39, 0.29) is 0 Å². The van der Waals surface area contributed by atoms with Gasteiger partial charge < -0.3 is 4.74 Å². The van der Waals surface area contributed by atoms with Gasteiger partial charge in [0.05, 0.1) is 12.6 Å². The van der Waals surface area contributed by atoms with Gasteiger partial charge in [0.2, 0.25) is 0 Å². The summed E-state index contributed by atoms with van der Waals surface area (Å²) in [5.74, 6) is 2.24. The summed E-state index contributed by atoms with van der Waals surface area (Å²) in [6.07, 6.45) is 0.700. The number of rotatable bonds is 4. The van der Waals surface area contributed by atoms with Crippen molar-refractivity contribution in [1.29, 1.82) is 0 Å². The average molecular weight is 366 g/mol. The van der Waals surface area contributed by atoms with Crippen LogP contribution in [0.15, 0.2) is 46.9 Å². The number of benzene rings is 2. The summed E-state index contributed by atoms with van der Waals surface area (Å²) in [6.45, 7) is 0. The molecule has 3 rings (SSSR count). The van der Waals surface area contributed by atoms with Crippen LogP contribution in [0.1, 0.15) is 5.82 Å². The molecule has 0 spiro atoms. The van der Waals surface area contributed by atoms with Gasteiger partial charge in [-0.1, -0.05) is 28.1 Å². The molecule has 108 valence electrons. The van der Waals surface area contributed by atoms with E-state index in [4.69, 9.17) is 21.3 Å². The fraction of sp³-hybridized carbons (Fsp3) is 0.188. The van der Waals surface area contributed by atoms with Crippen LogP contribution in [0.3, 0.4) is 0 Å². The molecular weight excluding hydrogens is 352 g/mol. The van der Waals surface area contributed by atoms with Crippen LogP contribution in [0, 0.1) is 0 Å². The third kappa shape index (κ3) is 2.65. The number of aromatic nitrogens is 2. The topological polar surface area (TPSA) is 27.1 Å². The van der Waals surface area contributed by atoms with Crippen molar-refractivity contribution in [1.82, 2.24) is 9.55 Å². The molecule has 0 aliphatic heterocycles. The highest BCUT2D eigenvalue weighted by molar-refractivity contribution is 9.10. The molecule has 0 saturated carbocycles. The van der Waals surface area contributed by atoms with Crippen LogP contribution in [0.2, 0.25) is 0 Å². The van der Waals surface area contributed by atoms with E-state index >= 15 is 0 Å². The van der Waals surface area contributed by atoms with Crippen LogP contribution in [0.5, 0.6) is 5.75 Å². The summed E-state index contributed by atoms with van der Waals surface area (Å²) in [5, 5.41) is 0. The number of nitrogens with zero attached hydrogens (tertiary/aromatic N) is 2. The first-order valence-electron chi connectivity index (χ1n) is 6.61. The maximum atomic E-state index is 5.93. The lowest BCUT2D eigenvalue weighted by Crippen LogP contribution is -2.02. The van der Waals surface area contributed by atoms with Crippen molar-refractivity contribution in [2.45, 2.75) is 6.42 Å². The molecule has 0 radical (unpaired) electrons. The minimum atomic E-state index is 0.527. The number of fused-ring (bicyclic) bond motifs is 1. The molecule has 3 aromatic rings. The molecule has 0 atom stereocenters. The summed E-state index contributed by atoms with van der Waals surface area (Å²) >= 11 is 9.45. The third-order valence-electron chi connectivity index (χ3n) is 3.32. The van der Waals surface area contributed by atoms with Gasteiger partial charge in [-0.3, -0.25) is 4.57 Å². The van der Waals surface area contributed by atoms with Crippen LogP contribution in [-0.4, -0.2) is 22.5 Å². The van der Waals surface area contributed by atoms with Gasteiger partial charge in [0, 0.05) is 22.5 Å². The smallest absolute Gasteiger partial charge is 0.146 e. The minimum absolute atomic E-state index is 0.527. The number of aryl methyl sites for hydroxylation is 1. The largest absolute Gasteiger partial charge is 0.494 e. The van der Waals surface area contributed by atoms with Crippen molar-refractivity contribution in [3.8, 4) is 11.4 Å². The molecule has 0 saturated heterocycles. The van der Waals surface area contributed by atoms with Crippen LogP contribution >= 0.6 is 27.5 Å². The maximum Gasteiger partial charge on any atom is 0.146 e. The van der Waals surface area contributed by atoms with E-state index in [0.29, 0.717) is 12.3 Å². The van der Waals surface area contributed by atoms with E-state index < -0.39 is 0 Å². The van der Waals surface area contributed by atoms with Gasteiger partial charge in [-0.05, 0) is 30.3 Å². The summed E-state index contributed by atoms with van der Waals surface area (Å²) in [7, 11) is 1.66. The molecule has 0 amide bonds. The van der Waals surface area contributed by atoms with Crippen LogP contribution in [-0.2, 0) is 6.42 Å². The zero-order valence-corrected chi connectivity index (χ0v) is 13.9. The van der Waals surface area contributed by atoms with Gasteiger partial charge in [0.15, 0.2) is 0 Å². The normalized spacial score (nSPS) is 11.0. The first-order chi connectivity index (χ1) is 10.2. The lowest BCUT2D eigenvalue weighted by atomic mass is 10.2. The van der Waals surface area contributed by atoms with Gasteiger partial charge >= 0.3 is 0 Å². The second-order valence-corrected chi connectivity index (χ2v) is 5.90. The molecule has 0 aliphatic carbocycles. The maximum absolute atomic E-state index is 5.93. The van der Waals surface area contributed by atoms with Gasteiger partial charge in [-0.2, -0.15) is 0 Å². The number of imidazole rings is 1. The van der Waals surface area contributed by atoms with Gasteiger partial charge in [0.25, 0.3) is 0 Å². The second-order valence-electron chi connectivity index (χ2n) is 4.61. The Labute approximate surface area is 136 Å². The number of hydrogen-bond donors (Lipinski definition) is 0. The summed E-state index contributed by atoms with van der Waals surface area (Å²) < 4.78 is 8.57. The van der Waals surface area contributed by atoms with Crippen molar-refractivity contribution in [2.24, 2.45) is 0 Å². The Hall–Kier alpha value is -1.52. The molecular formula is C16H14BrClN2O. The highest BCUT2D eigenvalue weighted by Gasteiger charge is 2.15. The lowest BCUT2D eigenvalue weighted by molar-refractivity contribution is 0.419. The number of alkyl halides is 1. The van der Waals surface area contributed by atoms with Crippen LogP contribution < -0.4 is 4.74 Å². The van der Waals surface area contributed by atoms with E-state index in [1.807, 2.05) is 30.3 Å². The molecule has 0 aliphatic rings. The number of methoxy groups -OCH3 is 1. The standard InChI is InChI=1S/C16H14BrClN2O/c1-21-14-7-3-6-13-16(14)19-15(8-9-18)20(13)12-5-2-4-11(17)10-12/h2-7,10H,8-9H2,1H3. The fourth-order valence-corrected chi connectivity index (χ4v) is 3.00. The summed E-state index contributed by atoms with van der Waals surface area (Å²) in [6, 6.07) is 14.1. The Kier molecular flexibility index (Phi) is 4.17. The molecule has 21 heavy (non-hydrogen) atoms. The van der Waals surface area contributed by atoms with Gasteiger partial charge in [-0.15, -0.1) is 11.6 Å². The highest BCUT2D eigenvalue weighted by Crippen LogP contribution is 2.29. The van der Waals surface area contributed by atoms with Crippen molar-refractivity contribution in [2.75, 3.05) is 13.0 Å². The molecule has 5 heteroatoms. The monoisotopic (exact) mass is 364 g/mol. The third-order valence-corrected chi connectivity index (χ3v) is 4.00. The van der Waals surface area contributed by atoms with Crippen molar-refractivity contribution >= 4 is 38.6 Å². The van der Waals surface area contributed by atoms with E-state index in [0.717, 1.165) is 32.8 Å². The Morgan fingerprint density at radius 3 is 2.76 bits per heavy atom. The number of hydrogen-bond acceptors (Lipinski definition) is 2. The molecule has 0 unspecified atom stereocenters. The van der Waals surface area contributed by atoms with Gasteiger partial charge in [0.1, 0.15) is 17.1 Å². The second kappa shape index (κ2) is 6.08. The Bertz CT molecular complexity index is 785. The SMILES string of the molecule is COc1cccc2c1nc(CCCl)n2-c1cccc(Br)c1. The first kappa shape index (κ1) is 14.4. The van der Waals surface area contributed by atoms with Crippen molar-refractivity contribution in [3.63, 3.8) is 0 Å². The average Bonchev–Trinajstić information content (AvgIpc) is 2.85. The predicted molar refractivity (Wildman–Crippen MR) is 89.7 cm³/mol. The van der Waals surface area contributed by atoms with Crippen molar-refractivity contribution in [3.05, 3.63) is 52.8 Å².